The number of nitrogens with zero attached hydrogens (tertiary/aromatic N) is 3. The summed E-state index contributed by atoms with van der Waals surface area (Å²) in [7, 11) is -3.25. The van der Waals surface area contributed by atoms with Gasteiger partial charge in [-0.1, -0.05) is 18.7 Å². The van der Waals surface area contributed by atoms with E-state index >= 15 is 0 Å². The number of hydrogen-bond donors (Lipinski definition) is 1. The van der Waals surface area contributed by atoms with Gasteiger partial charge in [0.05, 0.1) is 21.9 Å². The second-order valence-electron chi connectivity index (χ2n) is 5.10. The molecule has 0 heterocycles. The number of hydrogen-bond acceptors (Lipinski definition) is 8. The molecule has 0 spiro atoms. The van der Waals surface area contributed by atoms with Gasteiger partial charge < -0.3 is 4.90 Å². The monoisotopic (exact) mass is 376 g/mol. The summed E-state index contributed by atoms with van der Waals surface area (Å²) in [6, 6.07) is 1.59. The average Bonchev–Trinajstić information content (AvgIpc) is 2.53. The van der Waals surface area contributed by atoms with Crippen LogP contribution in [0, 0.1) is 20.2 Å². The fraction of sp³-hybridized carbons (Fsp3) is 0.538. The Morgan fingerprint density at radius 2 is 1.52 bits per heavy atom. The first kappa shape index (κ1) is 20.7. The summed E-state index contributed by atoms with van der Waals surface area (Å²) in [4.78, 5) is 28.2. The van der Waals surface area contributed by atoms with Gasteiger partial charge in [0.15, 0.2) is 5.69 Å². The van der Waals surface area contributed by atoms with Gasteiger partial charge in [-0.05, 0) is 12.8 Å². The maximum Gasteiger partial charge on any atom is 0.301 e. The first-order valence-electron chi connectivity index (χ1n) is 7.46. The van der Waals surface area contributed by atoms with Crippen LogP contribution in [0.3, 0.4) is 0 Å². The molecule has 25 heavy (non-hydrogen) atoms. The molecular weight excluding hydrogens is 356 g/mol. The van der Waals surface area contributed by atoms with E-state index in [9.17, 15) is 28.6 Å². The molecule has 0 aliphatic heterocycles. The van der Waals surface area contributed by atoms with E-state index in [0.29, 0.717) is 25.9 Å². The first-order chi connectivity index (χ1) is 11.7. The second-order valence-corrected chi connectivity index (χ2v) is 6.75. The van der Waals surface area contributed by atoms with Gasteiger partial charge in [0.25, 0.3) is 10.0 Å². The van der Waals surface area contributed by atoms with Crippen LogP contribution in [0.5, 0.6) is 0 Å². The molecule has 1 aromatic carbocycles. The third-order valence-electron chi connectivity index (χ3n) is 3.24. The molecule has 0 atom stereocenters. The molecule has 140 valence electrons. The Labute approximate surface area is 144 Å². The summed E-state index contributed by atoms with van der Waals surface area (Å²) in [5, 5.41) is 22.9. The normalized spacial score (nSPS) is 11.3. The summed E-state index contributed by atoms with van der Waals surface area (Å²) >= 11 is 0. The van der Waals surface area contributed by atoms with Gasteiger partial charge in [0.1, 0.15) is 0 Å². The van der Waals surface area contributed by atoms with Gasteiger partial charge >= 0.3 is 11.4 Å². The molecule has 1 rings (SSSR count). The van der Waals surface area contributed by atoms with Gasteiger partial charge in [0, 0.05) is 25.2 Å². The maximum atomic E-state index is 12.0. The van der Waals surface area contributed by atoms with Gasteiger partial charge in [-0.25, -0.2) is 8.42 Å². The molecule has 0 saturated carbocycles. The Morgan fingerprint density at radius 3 is 1.84 bits per heavy atom. The molecule has 1 N–H and O–H groups in total. The van der Waals surface area contributed by atoms with E-state index in [-0.39, 0.29) is 5.69 Å². The Bertz CT molecular complexity index is 710. The smallest absolute Gasteiger partial charge is 0.301 e. The number of anilines is 1. The maximum absolute atomic E-state index is 12.0. The molecule has 0 fully saturated rings. The SMILES string of the molecule is CCCN(CCC)c1c([N+](=O)[O-])cc(S(=O)(=O)NOC)cc1[N+](=O)[O-]. The third-order valence-corrected chi connectivity index (χ3v) is 4.49. The van der Waals surface area contributed by atoms with Crippen molar-refractivity contribution in [3.05, 3.63) is 32.4 Å². The van der Waals surface area contributed by atoms with Crippen LogP contribution in [0.25, 0.3) is 0 Å². The van der Waals surface area contributed by atoms with Crippen LogP contribution in [0.1, 0.15) is 26.7 Å². The molecular formula is C13H20N4O7S. The first-order valence-corrected chi connectivity index (χ1v) is 8.94. The van der Waals surface area contributed by atoms with Crippen molar-refractivity contribution in [2.45, 2.75) is 31.6 Å². The van der Waals surface area contributed by atoms with Crippen molar-refractivity contribution in [1.82, 2.24) is 4.89 Å². The van der Waals surface area contributed by atoms with Crippen molar-refractivity contribution in [3.63, 3.8) is 0 Å². The van der Waals surface area contributed by atoms with Gasteiger partial charge in [-0.15, -0.1) is 0 Å². The second kappa shape index (κ2) is 8.69. The van der Waals surface area contributed by atoms with Crippen molar-refractivity contribution in [2.75, 3.05) is 25.1 Å². The van der Waals surface area contributed by atoms with E-state index < -0.39 is 36.1 Å². The third kappa shape index (κ3) is 4.84. The van der Waals surface area contributed by atoms with E-state index in [2.05, 4.69) is 4.84 Å². The van der Waals surface area contributed by atoms with Crippen LogP contribution < -0.4 is 9.79 Å². The zero-order valence-electron chi connectivity index (χ0n) is 14.1. The molecule has 0 aromatic heterocycles. The fourth-order valence-corrected chi connectivity index (χ4v) is 3.22. The summed E-state index contributed by atoms with van der Waals surface area (Å²) in [5.74, 6) is 0. The number of nitro benzene ring substituents is 2. The van der Waals surface area contributed by atoms with E-state index in [1.54, 1.807) is 4.89 Å². The van der Waals surface area contributed by atoms with Crippen molar-refractivity contribution in [2.24, 2.45) is 0 Å². The highest BCUT2D eigenvalue weighted by Gasteiger charge is 2.33. The zero-order valence-corrected chi connectivity index (χ0v) is 14.9. The van der Waals surface area contributed by atoms with Crippen LogP contribution in [0.4, 0.5) is 17.1 Å². The Balaban J connectivity index is 3.76. The summed E-state index contributed by atoms with van der Waals surface area (Å²) < 4.78 is 24.0. The molecule has 0 aliphatic carbocycles. The lowest BCUT2D eigenvalue weighted by Crippen LogP contribution is -2.27. The zero-order chi connectivity index (χ0) is 19.2. The average molecular weight is 376 g/mol. The largest absolute Gasteiger partial charge is 0.360 e. The predicted molar refractivity (Wildman–Crippen MR) is 89.9 cm³/mol. The topological polar surface area (TPSA) is 145 Å². The molecule has 0 unspecified atom stereocenters. The number of benzene rings is 1. The molecule has 12 heteroatoms. The highest BCUT2D eigenvalue weighted by molar-refractivity contribution is 7.89. The fourth-order valence-electron chi connectivity index (χ4n) is 2.37. The van der Waals surface area contributed by atoms with Crippen LogP contribution >= 0.6 is 0 Å². The number of rotatable bonds is 10. The Morgan fingerprint density at radius 1 is 1.08 bits per heavy atom. The summed E-state index contributed by atoms with van der Waals surface area (Å²) in [6.45, 7) is 4.39. The molecule has 0 radical (unpaired) electrons. The Kier molecular flexibility index (Phi) is 7.21. The lowest BCUT2D eigenvalue weighted by molar-refractivity contribution is -0.393. The van der Waals surface area contributed by atoms with Crippen molar-refractivity contribution >= 4 is 27.1 Å². The van der Waals surface area contributed by atoms with Gasteiger partial charge in [0.2, 0.25) is 0 Å². The van der Waals surface area contributed by atoms with E-state index in [0.717, 1.165) is 19.2 Å². The van der Waals surface area contributed by atoms with E-state index in [4.69, 9.17) is 0 Å². The van der Waals surface area contributed by atoms with E-state index in [1.165, 1.54) is 4.90 Å². The van der Waals surface area contributed by atoms with E-state index in [1.807, 2.05) is 13.8 Å². The summed E-state index contributed by atoms with van der Waals surface area (Å²) in [6.07, 6.45) is 1.22. The van der Waals surface area contributed by atoms with Gasteiger partial charge in [-0.2, -0.15) is 0 Å². The quantitative estimate of drug-likeness (QED) is 0.482. The van der Waals surface area contributed by atoms with Crippen LogP contribution in [0.15, 0.2) is 17.0 Å². The number of nitrogens with one attached hydrogen (secondary N) is 1. The standard InChI is InChI=1S/C13H20N4O7S/c1-4-6-15(7-5-2)13-11(16(18)19)8-10(9-12(13)17(20)21)25(22,23)14-24-3/h8-9,14H,4-7H2,1-3H3. The minimum absolute atomic E-state index is 0.199. The highest BCUT2D eigenvalue weighted by atomic mass is 32.2. The van der Waals surface area contributed by atoms with Crippen LogP contribution in [-0.4, -0.2) is 38.5 Å². The van der Waals surface area contributed by atoms with Crippen LogP contribution in [-0.2, 0) is 14.9 Å². The number of sulfonamides is 1. The molecule has 0 aliphatic rings. The summed E-state index contributed by atoms with van der Waals surface area (Å²) in [5.41, 5.74) is -1.49. The van der Waals surface area contributed by atoms with Crippen molar-refractivity contribution in [1.29, 1.82) is 0 Å². The lowest BCUT2D eigenvalue weighted by Gasteiger charge is -2.23. The minimum Gasteiger partial charge on any atom is -0.360 e. The number of nitro groups is 2. The van der Waals surface area contributed by atoms with Crippen molar-refractivity contribution < 1.29 is 23.1 Å². The molecule has 0 bridgehead atoms. The molecule has 0 amide bonds. The van der Waals surface area contributed by atoms with Crippen LogP contribution in [0.2, 0.25) is 0 Å². The predicted octanol–water partition coefficient (Wildman–Crippen LogP) is 1.97. The molecule has 0 saturated heterocycles. The Hall–Kier alpha value is -2.31. The van der Waals surface area contributed by atoms with Crippen molar-refractivity contribution in [3.8, 4) is 0 Å². The lowest BCUT2D eigenvalue weighted by atomic mass is 10.2. The highest BCUT2D eigenvalue weighted by Crippen LogP contribution is 2.40. The molecule has 11 nitrogen and oxygen atoms in total. The molecule has 1 aromatic rings. The van der Waals surface area contributed by atoms with Gasteiger partial charge in [-0.3, -0.25) is 25.1 Å². The minimum atomic E-state index is -4.29.